The minimum atomic E-state index is -0.419. The number of hydrogen-bond donors (Lipinski definition) is 5. The Balaban J connectivity index is 0.000000633. The van der Waals surface area contributed by atoms with Gasteiger partial charge in [-0.1, -0.05) is 62.7 Å². The number of pyridine rings is 3. The Hall–Kier alpha value is -7.45. The molecule has 4 heterocycles. The highest BCUT2D eigenvalue weighted by Gasteiger charge is 2.22. The second kappa shape index (κ2) is 21.2. The van der Waals surface area contributed by atoms with Crippen LogP contribution in [0.4, 0.5) is 16.3 Å². The number of nitrogens with one attached hydrogen (secondary N) is 4. The molecular formula is C48H52N10O4. The van der Waals surface area contributed by atoms with Crippen LogP contribution in [0.25, 0.3) is 16.5 Å². The number of aryl methyl sites for hydroxylation is 1. The maximum Gasteiger partial charge on any atom is 0.324 e. The molecular weight excluding hydrogens is 781 g/mol. The first-order valence-corrected chi connectivity index (χ1v) is 20.4. The van der Waals surface area contributed by atoms with E-state index in [1.807, 2.05) is 85.8 Å². The number of rotatable bonds is 14. The van der Waals surface area contributed by atoms with E-state index in [0.717, 1.165) is 39.7 Å². The molecule has 4 amide bonds. The Bertz CT molecular complexity index is 2570. The van der Waals surface area contributed by atoms with Crippen molar-refractivity contribution in [3.8, 4) is 17.2 Å². The number of carbonyl (C=O) groups excluding carboxylic acids is 3. The highest BCUT2D eigenvalue weighted by Crippen LogP contribution is 2.35. The van der Waals surface area contributed by atoms with Gasteiger partial charge in [0.05, 0.1) is 35.7 Å². The van der Waals surface area contributed by atoms with Crippen molar-refractivity contribution in [1.29, 1.82) is 0 Å². The average molecular weight is 833 g/mol. The van der Waals surface area contributed by atoms with Crippen molar-refractivity contribution in [2.75, 3.05) is 30.3 Å². The summed E-state index contributed by atoms with van der Waals surface area (Å²) in [6, 6.07) is 31.7. The highest BCUT2D eigenvalue weighted by atomic mass is 16.5. The lowest BCUT2D eigenvalue weighted by Gasteiger charge is -2.14. The van der Waals surface area contributed by atoms with E-state index in [0.29, 0.717) is 48.2 Å². The Kier molecular flexibility index (Phi) is 15.1. The number of carbonyl (C=O) groups is 3. The summed E-state index contributed by atoms with van der Waals surface area (Å²) in [6.07, 6.45) is 10.1. The average Bonchev–Trinajstić information content (AvgIpc) is 3.70. The van der Waals surface area contributed by atoms with Crippen LogP contribution in [0.15, 0.2) is 134 Å². The first-order chi connectivity index (χ1) is 29.9. The van der Waals surface area contributed by atoms with Crippen LogP contribution in [0.5, 0.6) is 11.5 Å². The summed E-state index contributed by atoms with van der Waals surface area (Å²) in [5.41, 5.74) is 11.3. The molecule has 0 atom stereocenters. The molecule has 0 saturated heterocycles. The zero-order valence-corrected chi connectivity index (χ0v) is 35.4. The van der Waals surface area contributed by atoms with E-state index >= 15 is 0 Å². The van der Waals surface area contributed by atoms with E-state index in [2.05, 4.69) is 57.0 Å². The Morgan fingerprint density at radius 1 is 0.726 bits per heavy atom. The Morgan fingerprint density at radius 3 is 2.08 bits per heavy atom. The number of hydrogen-bond acceptors (Lipinski definition) is 9. The summed E-state index contributed by atoms with van der Waals surface area (Å²) in [5.74, 6) is 0.976. The fourth-order valence-electron chi connectivity index (χ4n) is 6.28. The number of urea groups is 1. The van der Waals surface area contributed by atoms with Crippen molar-refractivity contribution in [2.45, 2.75) is 52.4 Å². The molecule has 0 unspecified atom stereocenters. The fourth-order valence-corrected chi connectivity index (χ4v) is 6.28. The number of nitrogens with zero attached hydrogens (tertiary/aromatic N) is 5. The van der Waals surface area contributed by atoms with Crippen LogP contribution in [0, 0.1) is 6.92 Å². The monoisotopic (exact) mass is 832 g/mol. The second-order valence-electron chi connectivity index (χ2n) is 15.5. The number of anilines is 2. The van der Waals surface area contributed by atoms with Crippen LogP contribution in [0.3, 0.4) is 0 Å². The third-order valence-corrected chi connectivity index (χ3v) is 9.60. The van der Waals surface area contributed by atoms with Gasteiger partial charge in [0.1, 0.15) is 17.3 Å². The van der Waals surface area contributed by atoms with Crippen molar-refractivity contribution < 1.29 is 19.1 Å². The molecule has 0 radical (unpaired) electrons. The normalized spacial score (nSPS) is 10.9. The van der Waals surface area contributed by atoms with Crippen LogP contribution in [0.2, 0.25) is 0 Å². The molecule has 14 nitrogen and oxygen atoms in total. The molecule has 0 saturated carbocycles. The molecule has 4 aromatic heterocycles. The zero-order valence-electron chi connectivity index (χ0n) is 35.4. The molecule has 0 spiro atoms. The first kappa shape index (κ1) is 44.1. The molecule has 62 heavy (non-hydrogen) atoms. The quantitative estimate of drug-likeness (QED) is 0.0741. The van der Waals surface area contributed by atoms with Crippen molar-refractivity contribution in [3.05, 3.63) is 162 Å². The standard InChI is InChI=1S/C41H42N8O4.C7H10N2/c1-27-9-11-30(12-10-27)49-37(25-36(48-49)41(2,3)4)47-40(52)46-34-13-14-35(33-8-6-5-7-32(33)34)53-31-18-22-43-29(23-31)24-38(50)45-26-39(51)44-21-17-28-15-19-42-20-16-28;8-4-1-7-2-5-9-6-3-7/h5-16,18-20,22-23,25H,17,21,24,26H2,1-4H3,(H,44,51)(H,45,50)(H2,46,47,52);2-3,5-6H,1,4,8H2. The number of benzene rings is 3. The van der Waals surface area contributed by atoms with Crippen LogP contribution < -0.4 is 31.7 Å². The van der Waals surface area contributed by atoms with Gasteiger partial charge in [-0.05, 0) is 92.0 Å². The first-order valence-electron chi connectivity index (χ1n) is 20.4. The molecule has 6 N–H and O–H groups in total. The zero-order chi connectivity index (χ0) is 43.9. The number of amides is 4. The Labute approximate surface area is 361 Å². The summed E-state index contributed by atoms with van der Waals surface area (Å²) in [4.78, 5) is 50.5. The summed E-state index contributed by atoms with van der Waals surface area (Å²) < 4.78 is 8.02. The minimum absolute atomic E-state index is 0.0275. The van der Waals surface area contributed by atoms with E-state index in [-0.39, 0.29) is 30.2 Å². The van der Waals surface area contributed by atoms with Gasteiger partial charge >= 0.3 is 6.03 Å². The predicted octanol–water partition coefficient (Wildman–Crippen LogP) is 7.46. The van der Waals surface area contributed by atoms with Crippen LogP contribution in [-0.2, 0) is 34.3 Å². The highest BCUT2D eigenvalue weighted by molar-refractivity contribution is 6.07. The number of fused-ring (bicyclic) bond motifs is 1. The van der Waals surface area contributed by atoms with Gasteiger partial charge in [0.2, 0.25) is 11.8 Å². The van der Waals surface area contributed by atoms with Crippen molar-refractivity contribution in [2.24, 2.45) is 5.73 Å². The molecule has 0 aliphatic carbocycles. The van der Waals surface area contributed by atoms with Crippen molar-refractivity contribution in [3.63, 3.8) is 0 Å². The summed E-state index contributed by atoms with van der Waals surface area (Å²) in [6.45, 7) is 9.29. The molecule has 318 valence electrons. The van der Waals surface area contributed by atoms with E-state index in [1.54, 1.807) is 59.9 Å². The molecule has 0 fully saturated rings. The SMILES string of the molecule is Cc1ccc(-n2nc(C(C)(C)C)cc2NC(=O)Nc2ccc(Oc3ccnc(CC(=O)NCC(=O)NCCc4ccncc4)c3)c3ccccc23)cc1.NCCc1ccncc1. The van der Waals surface area contributed by atoms with Gasteiger partial charge in [0.25, 0.3) is 0 Å². The van der Waals surface area contributed by atoms with E-state index in [1.165, 1.54) is 5.56 Å². The maximum absolute atomic E-state index is 13.4. The lowest BCUT2D eigenvalue weighted by atomic mass is 9.92. The van der Waals surface area contributed by atoms with Crippen LogP contribution in [0.1, 0.15) is 48.8 Å². The largest absolute Gasteiger partial charge is 0.457 e. The van der Waals surface area contributed by atoms with Gasteiger partial charge < -0.3 is 26.4 Å². The summed E-state index contributed by atoms with van der Waals surface area (Å²) in [5, 5.41) is 17.8. The molecule has 14 heteroatoms. The number of aromatic nitrogens is 5. The van der Waals surface area contributed by atoms with Crippen LogP contribution in [-0.4, -0.2) is 62.2 Å². The maximum atomic E-state index is 13.4. The lowest BCUT2D eigenvalue weighted by Crippen LogP contribution is -2.38. The number of ether oxygens (including phenoxy) is 1. The smallest absolute Gasteiger partial charge is 0.324 e. The van der Waals surface area contributed by atoms with Gasteiger partial charge in [-0.15, -0.1) is 0 Å². The third kappa shape index (κ3) is 12.8. The van der Waals surface area contributed by atoms with Gasteiger partial charge in [-0.3, -0.25) is 29.9 Å². The van der Waals surface area contributed by atoms with Gasteiger partial charge in [-0.2, -0.15) is 5.10 Å². The molecule has 0 aliphatic heterocycles. The number of nitrogens with two attached hydrogens (primary N) is 1. The third-order valence-electron chi connectivity index (χ3n) is 9.60. The molecule has 3 aromatic carbocycles. The minimum Gasteiger partial charge on any atom is -0.457 e. The lowest BCUT2D eigenvalue weighted by molar-refractivity contribution is -0.125. The van der Waals surface area contributed by atoms with Gasteiger partial charge in [0, 0.05) is 65.8 Å². The summed E-state index contributed by atoms with van der Waals surface area (Å²) in [7, 11) is 0. The topological polar surface area (TPSA) is 191 Å². The van der Waals surface area contributed by atoms with Crippen LogP contribution >= 0.6 is 0 Å². The molecule has 7 aromatic rings. The Morgan fingerprint density at radius 2 is 1.40 bits per heavy atom. The molecule has 0 bridgehead atoms. The van der Waals surface area contributed by atoms with Gasteiger partial charge in [0.15, 0.2) is 0 Å². The van der Waals surface area contributed by atoms with E-state index < -0.39 is 6.03 Å². The second-order valence-corrected chi connectivity index (χ2v) is 15.5. The van der Waals surface area contributed by atoms with E-state index in [4.69, 9.17) is 15.6 Å². The predicted molar refractivity (Wildman–Crippen MR) is 243 cm³/mol. The van der Waals surface area contributed by atoms with Crippen molar-refractivity contribution in [1.82, 2.24) is 35.4 Å². The van der Waals surface area contributed by atoms with E-state index in [9.17, 15) is 14.4 Å². The summed E-state index contributed by atoms with van der Waals surface area (Å²) >= 11 is 0. The van der Waals surface area contributed by atoms with Gasteiger partial charge in [-0.25, -0.2) is 9.48 Å². The van der Waals surface area contributed by atoms with Crippen molar-refractivity contribution >= 4 is 40.1 Å². The molecule has 7 rings (SSSR count). The molecule has 0 aliphatic rings. The fraction of sp³-hybridized carbons (Fsp3) is 0.229.